The van der Waals surface area contributed by atoms with Crippen molar-refractivity contribution in [2.24, 2.45) is 0 Å². The third-order valence-electron chi connectivity index (χ3n) is 3.09. The van der Waals surface area contributed by atoms with Crippen molar-refractivity contribution < 1.29 is 19.1 Å². The molecule has 1 aliphatic rings. The first-order valence-electron chi connectivity index (χ1n) is 6.31. The third kappa shape index (κ3) is 3.22. The normalized spacial score (nSPS) is 17.9. The van der Waals surface area contributed by atoms with E-state index in [0.29, 0.717) is 18.5 Å². The van der Waals surface area contributed by atoms with Crippen molar-refractivity contribution >= 4 is 23.5 Å². The van der Waals surface area contributed by atoms with Gasteiger partial charge in [-0.3, -0.25) is 4.79 Å². The van der Waals surface area contributed by atoms with Crippen molar-refractivity contribution in [3.63, 3.8) is 0 Å². The summed E-state index contributed by atoms with van der Waals surface area (Å²) in [6.07, 6.45) is 0.495. The molecule has 2 rings (SSSR count). The van der Waals surface area contributed by atoms with Crippen molar-refractivity contribution in [1.82, 2.24) is 5.32 Å². The molecule has 1 aromatic rings. The van der Waals surface area contributed by atoms with Crippen LogP contribution in [0.5, 0.6) is 5.75 Å². The van der Waals surface area contributed by atoms with Crippen LogP contribution in [-0.2, 0) is 16.0 Å². The van der Waals surface area contributed by atoms with E-state index in [1.807, 2.05) is 0 Å². The Labute approximate surface area is 122 Å². The zero-order chi connectivity index (χ0) is 14.7. The van der Waals surface area contributed by atoms with Crippen LogP contribution in [0.25, 0.3) is 0 Å². The van der Waals surface area contributed by atoms with Crippen LogP contribution in [-0.4, -0.2) is 37.0 Å². The lowest BCUT2D eigenvalue weighted by Gasteiger charge is -2.12. The number of carbonyl (C=O) groups is 2. The van der Waals surface area contributed by atoms with Gasteiger partial charge in [-0.05, 0) is 30.7 Å². The van der Waals surface area contributed by atoms with Crippen LogP contribution < -0.4 is 10.1 Å². The van der Waals surface area contributed by atoms with E-state index in [0.717, 1.165) is 11.3 Å². The molecule has 108 valence electrons. The topological polar surface area (TPSA) is 64.6 Å². The highest BCUT2D eigenvalue weighted by Crippen LogP contribution is 2.29. The van der Waals surface area contributed by atoms with Gasteiger partial charge in [0.25, 0.3) is 0 Å². The van der Waals surface area contributed by atoms with Gasteiger partial charge in [0.2, 0.25) is 5.91 Å². The molecule has 1 aliphatic heterocycles. The summed E-state index contributed by atoms with van der Waals surface area (Å²) in [6, 6.07) is 5.16. The SMILES string of the molecule is COC(=O)c1ccc2c(c1)CC(CNC(=O)C(C)Cl)O2. The van der Waals surface area contributed by atoms with E-state index in [1.54, 1.807) is 25.1 Å². The van der Waals surface area contributed by atoms with Gasteiger partial charge in [0, 0.05) is 6.42 Å². The van der Waals surface area contributed by atoms with E-state index >= 15 is 0 Å². The highest BCUT2D eigenvalue weighted by Gasteiger charge is 2.25. The zero-order valence-electron chi connectivity index (χ0n) is 11.3. The molecule has 0 bridgehead atoms. The second kappa shape index (κ2) is 6.13. The molecule has 20 heavy (non-hydrogen) atoms. The smallest absolute Gasteiger partial charge is 0.337 e. The summed E-state index contributed by atoms with van der Waals surface area (Å²) in [5, 5.41) is 2.15. The lowest BCUT2D eigenvalue weighted by atomic mass is 10.1. The third-order valence-corrected chi connectivity index (χ3v) is 3.29. The van der Waals surface area contributed by atoms with Crippen LogP contribution in [0, 0.1) is 0 Å². The quantitative estimate of drug-likeness (QED) is 0.676. The van der Waals surface area contributed by atoms with Gasteiger partial charge in [-0.1, -0.05) is 0 Å². The van der Waals surface area contributed by atoms with Crippen molar-refractivity contribution in [2.75, 3.05) is 13.7 Å². The first-order valence-corrected chi connectivity index (χ1v) is 6.74. The van der Waals surface area contributed by atoms with E-state index in [2.05, 4.69) is 10.1 Å². The molecule has 0 aromatic heterocycles. The number of amides is 1. The number of methoxy groups -OCH3 is 1. The maximum Gasteiger partial charge on any atom is 0.337 e. The van der Waals surface area contributed by atoms with Crippen LogP contribution >= 0.6 is 11.6 Å². The number of nitrogens with one attached hydrogen (secondary N) is 1. The number of rotatable bonds is 4. The molecular formula is C14H16ClNO4. The van der Waals surface area contributed by atoms with Crippen molar-refractivity contribution in [2.45, 2.75) is 24.8 Å². The van der Waals surface area contributed by atoms with Crippen LogP contribution in [0.3, 0.4) is 0 Å². The first-order chi connectivity index (χ1) is 9.51. The summed E-state index contributed by atoms with van der Waals surface area (Å²) >= 11 is 5.67. The molecule has 1 N–H and O–H groups in total. The number of benzene rings is 1. The monoisotopic (exact) mass is 297 g/mol. The van der Waals surface area contributed by atoms with E-state index in [4.69, 9.17) is 16.3 Å². The van der Waals surface area contributed by atoms with Gasteiger partial charge in [-0.15, -0.1) is 11.6 Å². The lowest BCUT2D eigenvalue weighted by molar-refractivity contribution is -0.120. The molecule has 1 amide bonds. The molecule has 0 spiro atoms. The fraction of sp³-hybridized carbons (Fsp3) is 0.429. The molecule has 0 radical (unpaired) electrons. The Bertz CT molecular complexity index is 530. The summed E-state index contributed by atoms with van der Waals surface area (Å²) in [6.45, 7) is 2.00. The minimum Gasteiger partial charge on any atom is -0.488 e. The predicted octanol–water partition coefficient (Wildman–Crippen LogP) is 1.52. The summed E-state index contributed by atoms with van der Waals surface area (Å²) in [5.41, 5.74) is 1.43. The molecule has 0 saturated carbocycles. The molecule has 2 unspecified atom stereocenters. The van der Waals surface area contributed by atoms with Gasteiger partial charge in [-0.2, -0.15) is 0 Å². The second-order valence-electron chi connectivity index (χ2n) is 4.62. The molecule has 1 heterocycles. The number of fused-ring (bicyclic) bond motifs is 1. The predicted molar refractivity (Wildman–Crippen MR) is 74.2 cm³/mol. The fourth-order valence-electron chi connectivity index (χ4n) is 2.03. The van der Waals surface area contributed by atoms with E-state index in [1.165, 1.54) is 7.11 Å². The number of halogens is 1. The highest BCUT2D eigenvalue weighted by atomic mass is 35.5. The highest BCUT2D eigenvalue weighted by molar-refractivity contribution is 6.30. The minimum atomic E-state index is -0.565. The Morgan fingerprint density at radius 3 is 2.95 bits per heavy atom. The van der Waals surface area contributed by atoms with Crippen molar-refractivity contribution in [1.29, 1.82) is 0 Å². The van der Waals surface area contributed by atoms with E-state index in [9.17, 15) is 9.59 Å². The first kappa shape index (κ1) is 14.7. The van der Waals surface area contributed by atoms with Gasteiger partial charge in [0.05, 0.1) is 19.2 Å². The number of hydrogen-bond donors (Lipinski definition) is 1. The van der Waals surface area contributed by atoms with Crippen LogP contribution in [0.1, 0.15) is 22.8 Å². The Morgan fingerprint density at radius 1 is 1.55 bits per heavy atom. The molecule has 5 nitrogen and oxygen atoms in total. The summed E-state index contributed by atoms with van der Waals surface area (Å²) < 4.78 is 10.4. The lowest BCUT2D eigenvalue weighted by Crippen LogP contribution is -2.37. The Morgan fingerprint density at radius 2 is 2.30 bits per heavy atom. The fourth-order valence-corrected chi connectivity index (χ4v) is 2.11. The number of ether oxygens (including phenoxy) is 2. The van der Waals surface area contributed by atoms with Crippen molar-refractivity contribution in [3.05, 3.63) is 29.3 Å². The standard InChI is InChI=1S/C14H16ClNO4/c1-8(15)13(17)16-7-11-6-10-5-9(14(18)19-2)3-4-12(10)20-11/h3-5,8,11H,6-7H2,1-2H3,(H,16,17). The average Bonchev–Trinajstić information content (AvgIpc) is 2.85. The number of carbonyl (C=O) groups excluding carboxylic acids is 2. The zero-order valence-corrected chi connectivity index (χ0v) is 12.1. The molecule has 6 heteroatoms. The summed E-state index contributed by atoms with van der Waals surface area (Å²) in [7, 11) is 1.34. The Hall–Kier alpha value is -1.75. The van der Waals surface area contributed by atoms with Crippen LogP contribution in [0.4, 0.5) is 0 Å². The Balaban J connectivity index is 1.97. The molecule has 2 atom stereocenters. The molecule has 0 saturated heterocycles. The molecule has 0 fully saturated rings. The van der Waals surface area contributed by atoms with Gasteiger partial charge in [-0.25, -0.2) is 4.79 Å². The number of esters is 1. The van der Waals surface area contributed by atoms with E-state index in [-0.39, 0.29) is 18.0 Å². The maximum absolute atomic E-state index is 11.5. The van der Waals surface area contributed by atoms with Gasteiger partial charge in [0.1, 0.15) is 17.2 Å². The number of alkyl halides is 1. The van der Waals surface area contributed by atoms with E-state index < -0.39 is 5.38 Å². The second-order valence-corrected chi connectivity index (χ2v) is 5.27. The average molecular weight is 298 g/mol. The van der Waals surface area contributed by atoms with Gasteiger partial charge >= 0.3 is 5.97 Å². The van der Waals surface area contributed by atoms with Crippen LogP contribution in [0.2, 0.25) is 0 Å². The van der Waals surface area contributed by atoms with Crippen LogP contribution in [0.15, 0.2) is 18.2 Å². The molecule has 0 aliphatic carbocycles. The Kier molecular flexibility index (Phi) is 4.49. The van der Waals surface area contributed by atoms with Gasteiger partial charge < -0.3 is 14.8 Å². The summed E-state index contributed by atoms with van der Waals surface area (Å²) in [4.78, 5) is 22.8. The van der Waals surface area contributed by atoms with Crippen molar-refractivity contribution in [3.8, 4) is 5.75 Å². The minimum absolute atomic E-state index is 0.141. The molecular weight excluding hydrogens is 282 g/mol. The number of hydrogen-bond acceptors (Lipinski definition) is 4. The van der Waals surface area contributed by atoms with Gasteiger partial charge in [0.15, 0.2) is 0 Å². The molecule has 1 aromatic carbocycles. The maximum atomic E-state index is 11.5. The summed E-state index contributed by atoms with van der Waals surface area (Å²) in [5.74, 6) is 0.137. The largest absolute Gasteiger partial charge is 0.488 e.